The number of furan rings is 1. The lowest BCUT2D eigenvalue weighted by molar-refractivity contribution is -0.132. The lowest BCUT2D eigenvalue weighted by Gasteiger charge is -2.36. The molecule has 1 aliphatic rings. The van der Waals surface area contributed by atoms with Gasteiger partial charge in [-0.2, -0.15) is 0 Å². The van der Waals surface area contributed by atoms with Gasteiger partial charge in [-0.3, -0.25) is 9.59 Å². The molecule has 1 aliphatic heterocycles. The first-order chi connectivity index (χ1) is 21.6. The third-order valence-corrected chi connectivity index (χ3v) is 7.75. The number of hydrogen-bond acceptors (Lipinski definition) is 7. The number of anilines is 1. The van der Waals surface area contributed by atoms with Gasteiger partial charge < -0.3 is 23.9 Å². The molecule has 2 amide bonds. The van der Waals surface area contributed by atoms with E-state index in [0.717, 1.165) is 22.6 Å². The summed E-state index contributed by atoms with van der Waals surface area (Å²) in [6, 6.07) is 33.0. The molecule has 0 radical (unpaired) electrons. The van der Waals surface area contributed by atoms with Gasteiger partial charge in [0.25, 0.3) is 5.91 Å². The summed E-state index contributed by atoms with van der Waals surface area (Å²) in [6.45, 7) is 2.40. The lowest BCUT2D eigenvalue weighted by atomic mass is 10.0. The zero-order chi connectivity index (χ0) is 30.3. The molecule has 0 bridgehead atoms. The molecular formula is C35H33N5O4. The molecule has 6 rings (SSSR count). The van der Waals surface area contributed by atoms with E-state index in [1.54, 1.807) is 54.7 Å². The van der Waals surface area contributed by atoms with Crippen LogP contribution in [0.2, 0.25) is 0 Å². The largest absolute Gasteiger partial charge is 0.497 e. The van der Waals surface area contributed by atoms with Crippen molar-refractivity contribution in [2.75, 3.05) is 44.7 Å². The van der Waals surface area contributed by atoms with Gasteiger partial charge in [-0.15, -0.1) is 10.2 Å². The summed E-state index contributed by atoms with van der Waals surface area (Å²) < 4.78 is 10.8. The van der Waals surface area contributed by atoms with Crippen molar-refractivity contribution in [1.29, 1.82) is 0 Å². The van der Waals surface area contributed by atoms with Gasteiger partial charge in [0, 0.05) is 37.3 Å². The Labute approximate surface area is 256 Å². The maximum absolute atomic E-state index is 13.4. The van der Waals surface area contributed by atoms with E-state index in [1.807, 2.05) is 30.3 Å². The number of piperazine rings is 1. The Kier molecular flexibility index (Phi) is 8.63. The summed E-state index contributed by atoms with van der Waals surface area (Å²) in [5.41, 5.74) is 4.58. The summed E-state index contributed by atoms with van der Waals surface area (Å²) in [6.07, 6.45) is 1.56. The van der Waals surface area contributed by atoms with E-state index in [2.05, 4.69) is 51.5 Å². The first-order valence-electron chi connectivity index (χ1n) is 14.6. The Balaban J connectivity index is 1.07. The number of hydrogen-bond donors (Lipinski definition) is 0. The highest BCUT2D eigenvalue weighted by Gasteiger charge is 2.27. The quantitative estimate of drug-likeness (QED) is 0.228. The number of aromatic nitrogens is 2. The molecule has 9 nitrogen and oxygen atoms in total. The van der Waals surface area contributed by atoms with Crippen molar-refractivity contribution in [2.45, 2.75) is 6.54 Å². The van der Waals surface area contributed by atoms with Gasteiger partial charge in [-0.1, -0.05) is 60.7 Å². The Morgan fingerprint density at radius 1 is 0.795 bits per heavy atom. The third kappa shape index (κ3) is 6.62. The smallest absolute Gasteiger partial charge is 0.254 e. The van der Waals surface area contributed by atoms with Crippen LogP contribution in [0.5, 0.6) is 5.75 Å². The van der Waals surface area contributed by atoms with Crippen LogP contribution in [0, 0.1) is 0 Å². The van der Waals surface area contributed by atoms with Crippen molar-refractivity contribution in [3.63, 3.8) is 0 Å². The number of carbonyl (C=O) groups is 2. The van der Waals surface area contributed by atoms with E-state index in [9.17, 15) is 9.59 Å². The fourth-order valence-corrected chi connectivity index (χ4v) is 5.29. The van der Waals surface area contributed by atoms with Crippen molar-refractivity contribution in [3.8, 4) is 28.1 Å². The number of benzene rings is 3. The Hall–Kier alpha value is -5.44. The highest BCUT2D eigenvalue weighted by atomic mass is 16.5. The maximum atomic E-state index is 13.4. The summed E-state index contributed by atoms with van der Waals surface area (Å²) in [7, 11) is 1.55. The standard InChI is InChI=1S/C35H33N5O4/c1-43-30-10-5-9-29(23-30)35(42)40(24-31-11-6-22-44-31)25-34(41)39-20-18-38(19-21-39)33-17-16-32(36-37-33)28-14-12-27(13-15-28)26-7-3-2-4-8-26/h2-17,22-23H,18-21,24-25H2,1H3. The van der Waals surface area contributed by atoms with Gasteiger partial charge >= 0.3 is 0 Å². The highest BCUT2D eigenvalue weighted by Crippen LogP contribution is 2.25. The van der Waals surface area contributed by atoms with E-state index < -0.39 is 0 Å². The normalized spacial score (nSPS) is 13.0. The molecule has 0 N–H and O–H groups in total. The van der Waals surface area contributed by atoms with E-state index in [0.29, 0.717) is 43.3 Å². The Morgan fingerprint density at radius 3 is 2.23 bits per heavy atom. The molecule has 5 aromatic rings. The second-order valence-electron chi connectivity index (χ2n) is 10.6. The number of rotatable bonds is 9. The topological polar surface area (TPSA) is 92.0 Å². The van der Waals surface area contributed by atoms with E-state index >= 15 is 0 Å². The van der Waals surface area contributed by atoms with E-state index in [1.165, 1.54) is 10.5 Å². The molecule has 44 heavy (non-hydrogen) atoms. The molecule has 0 atom stereocenters. The van der Waals surface area contributed by atoms with Gasteiger partial charge in [0.2, 0.25) is 5.91 Å². The fraction of sp³-hybridized carbons (Fsp3) is 0.200. The van der Waals surface area contributed by atoms with Crippen LogP contribution in [0.1, 0.15) is 16.1 Å². The maximum Gasteiger partial charge on any atom is 0.254 e. The van der Waals surface area contributed by atoms with Crippen molar-refractivity contribution in [2.24, 2.45) is 0 Å². The van der Waals surface area contributed by atoms with Crippen LogP contribution in [0.25, 0.3) is 22.4 Å². The van der Waals surface area contributed by atoms with Crippen molar-refractivity contribution >= 4 is 17.6 Å². The lowest BCUT2D eigenvalue weighted by Crippen LogP contribution is -2.52. The zero-order valence-corrected chi connectivity index (χ0v) is 24.5. The summed E-state index contributed by atoms with van der Waals surface area (Å²) in [4.78, 5) is 32.3. The summed E-state index contributed by atoms with van der Waals surface area (Å²) in [5, 5.41) is 8.97. The van der Waals surface area contributed by atoms with Crippen LogP contribution in [-0.2, 0) is 11.3 Å². The molecule has 0 saturated carbocycles. The van der Waals surface area contributed by atoms with E-state index in [-0.39, 0.29) is 24.9 Å². The zero-order valence-electron chi connectivity index (χ0n) is 24.5. The number of ether oxygens (including phenoxy) is 1. The van der Waals surface area contributed by atoms with Crippen LogP contribution in [0.4, 0.5) is 5.82 Å². The van der Waals surface area contributed by atoms with Crippen LogP contribution in [0.15, 0.2) is 114 Å². The molecule has 0 spiro atoms. The second kappa shape index (κ2) is 13.2. The molecule has 3 aromatic carbocycles. The minimum absolute atomic E-state index is 0.0612. The highest BCUT2D eigenvalue weighted by molar-refractivity contribution is 5.96. The first kappa shape index (κ1) is 28.7. The Bertz CT molecular complexity index is 1680. The molecule has 3 heterocycles. The molecule has 1 fully saturated rings. The van der Waals surface area contributed by atoms with Crippen molar-refractivity contribution in [3.05, 3.63) is 121 Å². The van der Waals surface area contributed by atoms with E-state index in [4.69, 9.17) is 9.15 Å². The van der Waals surface area contributed by atoms with Crippen molar-refractivity contribution in [1.82, 2.24) is 20.0 Å². The average Bonchev–Trinajstić information content (AvgIpc) is 3.61. The van der Waals surface area contributed by atoms with Gasteiger partial charge in [0.15, 0.2) is 5.82 Å². The molecule has 2 aromatic heterocycles. The van der Waals surface area contributed by atoms with Crippen LogP contribution >= 0.6 is 0 Å². The monoisotopic (exact) mass is 587 g/mol. The van der Waals surface area contributed by atoms with Gasteiger partial charge in [0.05, 0.1) is 25.6 Å². The third-order valence-electron chi connectivity index (χ3n) is 7.75. The van der Waals surface area contributed by atoms with Gasteiger partial charge in [-0.05, 0) is 53.6 Å². The predicted octanol–water partition coefficient (Wildman–Crippen LogP) is 5.40. The van der Waals surface area contributed by atoms with Crippen LogP contribution < -0.4 is 9.64 Å². The van der Waals surface area contributed by atoms with Gasteiger partial charge in [0.1, 0.15) is 18.1 Å². The van der Waals surface area contributed by atoms with Gasteiger partial charge in [-0.25, -0.2) is 0 Å². The molecule has 0 aliphatic carbocycles. The van der Waals surface area contributed by atoms with Crippen LogP contribution in [-0.4, -0.2) is 71.6 Å². The predicted molar refractivity (Wildman–Crippen MR) is 168 cm³/mol. The number of nitrogens with zero attached hydrogens (tertiary/aromatic N) is 5. The second-order valence-corrected chi connectivity index (χ2v) is 10.6. The minimum atomic E-state index is -0.266. The first-order valence-corrected chi connectivity index (χ1v) is 14.6. The number of carbonyl (C=O) groups excluding carboxylic acids is 2. The minimum Gasteiger partial charge on any atom is -0.497 e. The molecule has 1 saturated heterocycles. The SMILES string of the molecule is COc1cccc(C(=O)N(CC(=O)N2CCN(c3ccc(-c4ccc(-c5ccccc5)cc4)nn3)CC2)Cc2ccco2)c1. The summed E-state index contributed by atoms with van der Waals surface area (Å²) in [5.74, 6) is 1.57. The molecule has 222 valence electrons. The molecule has 9 heteroatoms. The molecule has 0 unspecified atom stereocenters. The number of methoxy groups -OCH3 is 1. The molecular weight excluding hydrogens is 554 g/mol. The van der Waals surface area contributed by atoms with Crippen LogP contribution in [0.3, 0.4) is 0 Å². The Morgan fingerprint density at radius 2 is 1.55 bits per heavy atom. The fourth-order valence-electron chi connectivity index (χ4n) is 5.29. The average molecular weight is 588 g/mol. The number of amides is 2. The summed E-state index contributed by atoms with van der Waals surface area (Å²) >= 11 is 0. The van der Waals surface area contributed by atoms with Crippen molar-refractivity contribution < 1.29 is 18.7 Å².